The molecule has 2 N–H and O–H groups in total. The van der Waals surface area contributed by atoms with E-state index in [-0.39, 0.29) is 24.8 Å². The Kier molecular flexibility index (Phi) is 6.87. The molecule has 2 aromatic rings. The van der Waals surface area contributed by atoms with Crippen LogP contribution in [0.4, 0.5) is 13.2 Å². The van der Waals surface area contributed by atoms with Gasteiger partial charge in [0.25, 0.3) is 0 Å². The van der Waals surface area contributed by atoms with E-state index in [1.807, 2.05) is 0 Å². The van der Waals surface area contributed by atoms with Crippen molar-refractivity contribution >= 4 is 17.7 Å². The number of imidazole rings is 1. The Morgan fingerprint density at radius 3 is 2.85 bits per heavy atom. The first-order valence-electron chi connectivity index (χ1n) is 7.67. The predicted molar refractivity (Wildman–Crippen MR) is 92.4 cm³/mol. The molecule has 1 heterocycles. The van der Waals surface area contributed by atoms with Gasteiger partial charge in [-0.05, 0) is 11.6 Å². The number of halogens is 3. The summed E-state index contributed by atoms with van der Waals surface area (Å²) in [6.45, 7) is 3.48. The first-order valence-corrected chi connectivity index (χ1v) is 8.65. The van der Waals surface area contributed by atoms with E-state index < -0.39 is 11.7 Å². The number of carbonyl (C=O) groups is 1. The fourth-order valence-electron chi connectivity index (χ4n) is 2.17. The smallest absolute Gasteiger partial charge is 0.390 e. The molecule has 9 heteroatoms. The first kappa shape index (κ1) is 20.1. The van der Waals surface area contributed by atoms with E-state index in [4.69, 9.17) is 0 Å². The quantitative estimate of drug-likeness (QED) is 0.542. The largest absolute Gasteiger partial charge is 0.416 e. The molecule has 1 amide bonds. The number of aliphatic hydroxyl groups excluding tert-OH is 1. The van der Waals surface area contributed by atoms with E-state index >= 15 is 0 Å². The van der Waals surface area contributed by atoms with Crippen LogP contribution in [-0.2, 0) is 29.9 Å². The molecule has 1 aromatic heterocycles. The second-order valence-corrected chi connectivity index (χ2v) is 6.30. The lowest BCUT2D eigenvalue weighted by atomic mass is 10.1. The number of rotatable bonds is 8. The Bertz CT molecular complexity index is 775. The molecule has 0 aliphatic carbocycles. The molecule has 0 bridgehead atoms. The molecule has 26 heavy (non-hydrogen) atoms. The number of hydrogen-bond donors (Lipinski definition) is 2. The summed E-state index contributed by atoms with van der Waals surface area (Å²) in [5.74, 6) is -0.0291. The fraction of sp³-hybridized carbons (Fsp3) is 0.294. The van der Waals surface area contributed by atoms with E-state index in [1.165, 1.54) is 28.6 Å². The normalized spacial score (nSPS) is 11.4. The van der Waals surface area contributed by atoms with Gasteiger partial charge in [0.15, 0.2) is 5.16 Å². The summed E-state index contributed by atoms with van der Waals surface area (Å²) in [6, 6.07) is 5.05. The molecule has 0 fully saturated rings. The Morgan fingerprint density at radius 1 is 1.42 bits per heavy atom. The maximum absolute atomic E-state index is 12.8. The standard InChI is InChI=1S/C17H18F3N3O2S/c1-2-6-21-15(25)9-23-14(10-24)8-22-16(23)26-11-12-4-3-5-13(7-12)17(18,19)20/h2-5,7-8,24H,1,6,9-11H2,(H,21,25). The highest BCUT2D eigenvalue weighted by Gasteiger charge is 2.30. The summed E-state index contributed by atoms with van der Waals surface area (Å²) in [7, 11) is 0. The lowest BCUT2D eigenvalue weighted by molar-refractivity contribution is -0.137. The lowest BCUT2D eigenvalue weighted by Gasteiger charge is -2.11. The zero-order valence-corrected chi connectivity index (χ0v) is 14.6. The SMILES string of the molecule is C=CCNC(=O)Cn1c(CO)cnc1SCc1cccc(C(F)(F)F)c1. The van der Waals surface area contributed by atoms with E-state index in [0.29, 0.717) is 23.0 Å². The summed E-state index contributed by atoms with van der Waals surface area (Å²) in [6.07, 6.45) is -1.41. The maximum atomic E-state index is 12.8. The van der Waals surface area contributed by atoms with Crippen LogP contribution in [0.15, 0.2) is 48.3 Å². The second kappa shape index (κ2) is 8.91. The van der Waals surface area contributed by atoms with E-state index in [9.17, 15) is 23.1 Å². The van der Waals surface area contributed by atoms with Crippen LogP contribution < -0.4 is 5.32 Å². The molecule has 0 aliphatic heterocycles. The highest BCUT2D eigenvalue weighted by atomic mass is 32.2. The van der Waals surface area contributed by atoms with Crippen molar-refractivity contribution < 1.29 is 23.1 Å². The van der Waals surface area contributed by atoms with Gasteiger partial charge in [0.2, 0.25) is 5.91 Å². The van der Waals surface area contributed by atoms with Crippen LogP contribution in [0, 0.1) is 0 Å². The Morgan fingerprint density at radius 2 is 2.19 bits per heavy atom. The molecular formula is C17H18F3N3O2S. The van der Waals surface area contributed by atoms with Crippen molar-refractivity contribution in [3.05, 3.63) is 59.9 Å². The third kappa shape index (κ3) is 5.37. The Balaban J connectivity index is 2.11. The van der Waals surface area contributed by atoms with Gasteiger partial charge < -0.3 is 15.0 Å². The first-order chi connectivity index (χ1) is 12.3. The third-order valence-corrected chi connectivity index (χ3v) is 4.49. The number of aliphatic hydroxyl groups is 1. The van der Waals surface area contributed by atoms with Gasteiger partial charge >= 0.3 is 6.18 Å². The molecule has 0 saturated carbocycles. The van der Waals surface area contributed by atoms with Crippen molar-refractivity contribution in [2.24, 2.45) is 0 Å². The van der Waals surface area contributed by atoms with Crippen LogP contribution in [0.1, 0.15) is 16.8 Å². The molecule has 5 nitrogen and oxygen atoms in total. The molecule has 0 unspecified atom stereocenters. The van der Waals surface area contributed by atoms with Gasteiger partial charge in [-0.2, -0.15) is 13.2 Å². The van der Waals surface area contributed by atoms with E-state index in [0.717, 1.165) is 12.1 Å². The molecule has 2 rings (SSSR count). The molecule has 0 atom stereocenters. The molecule has 0 spiro atoms. The van der Waals surface area contributed by atoms with E-state index in [2.05, 4.69) is 16.9 Å². The highest BCUT2D eigenvalue weighted by molar-refractivity contribution is 7.98. The maximum Gasteiger partial charge on any atom is 0.416 e. The van der Waals surface area contributed by atoms with Gasteiger partial charge in [-0.1, -0.05) is 36.0 Å². The number of benzene rings is 1. The number of thioether (sulfide) groups is 1. The Labute approximate surface area is 152 Å². The van der Waals surface area contributed by atoms with Crippen LogP contribution in [0.5, 0.6) is 0 Å². The van der Waals surface area contributed by atoms with Gasteiger partial charge in [0, 0.05) is 12.3 Å². The van der Waals surface area contributed by atoms with Gasteiger partial charge in [-0.15, -0.1) is 6.58 Å². The number of carbonyl (C=O) groups excluding carboxylic acids is 1. The third-order valence-electron chi connectivity index (χ3n) is 3.43. The summed E-state index contributed by atoms with van der Waals surface area (Å²) < 4.78 is 39.9. The van der Waals surface area contributed by atoms with Crippen LogP contribution >= 0.6 is 11.8 Å². The topological polar surface area (TPSA) is 67.2 Å². The average Bonchev–Trinajstić information content (AvgIpc) is 2.99. The number of aromatic nitrogens is 2. The zero-order valence-electron chi connectivity index (χ0n) is 13.8. The number of amides is 1. The van der Waals surface area contributed by atoms with Crippen molar-refractivity contribution in [1.82, 2.24) is 14.9 Å². The zero-order chi connectivity index (χ0) is 19.2. The van der Waals surface area contributed by atoms with Gasteiger partial charge in [-0.25, -0.2) is 4.98 Å². The number of nitrogens with one attached hydrogen (secondary N) is 1. The number of hydrogen-bond acceptors (Lipinski definition) is 4. The second-order valence-electron chi connectivity index (χ2n) is 5.36. The predicted octanol–water partition coefficient (Wildman–Crippen LogP) is 2.99. The van der Waals surface area contributed by atoms with Gasteiger partial charge in [0.1, 0.15) is 6.54 Å². The monoisotopic (exact) mass is 385 g/mol. The summed E-state index contributed by atoms with van der Waals surface area (Å²) in [4.78, 5) is 16.0. The van der Waals surface area contributed by atoms with Crippen molar-refractivity contribution in [2.45, 2.75) is 30.2 Å². The van der Waals surface area contributed by atoms with Crippen molar-refractivity contribution in [3.63, 3.8) is 0 Å². The minimum absolute atomic E-state index is 0.0470. The fourth-order valence-corrected chi connectivity index (χ4v) is 3.11. The van der Waals surface area contributed by atoms with Crippen molar-refractivity contribution in [1.29, 1.82) is 0 Å². The van der Waals surface area contributed by atoms with Crippen LogP contribution in [0.3, 0.4) is 0 Å². The average molecular weight is 385 g/mol. The van der Waals surface area contributed by atoms with Crippen LogP contribution in [0.25, 0.3) is 0 Å². The minimum atomic E-state index is -4.40. The van der Waals surface area contributed by atoms with Crippen LogP contribution in [-0.4, -0.2) is 27.1 Å². The van der Waals surface area contributed by atoms with E-state index in [1.54, 1.807) is 12.1 Å². The summed E-state index contributed by atoms with van der Waals surface area (Å²) in [5, 5.41) is 12.5. The van der Waals surface area contributed by atoms with Gasteiger partial charge in [0.05, 0.1) is 24.1 Å². The minimum Gasteiger partial charge on any atom is -0.390 e. The van der Waals surface area contributed by atoms with Crippen molar-refractivity contribution in [3.8, 4) is 0 Å². The molecule has 0 radical (unpaired) electrons. The molecule has 0 aliphatic rings. The summed E-state index contributed by atoms with van der Waals surface area (Å²) >= 11 is 1.19. The summed E-state index contributed by atoms with van der Waals surface area (Å²) in [5.41, 5.74) is 0.227. The molecule has 1 aromatic carbocycles. The lowest BCUT2D eigenvalue weighted by Crippen LogP contribution is -2.28. The number of nitrogens with zero attached hydrogens (tertiary/aromatic N) is 2. The molecule has 140 valence electrons. The molecular weight excluding hydrogens is 367 g/mol. The Hall–Kier alpha value is -2.26. The van der Waals surface area contributed by atoms with Crippen molar-refractivity contribution in [2.75, 3.05) is 6.54 Å². The number of alkyl halides is 3. The van der Waals surface area contributed by atoms with Crippen LogP contribution in [0.2, 0.25) is 0 Å². The van der Waals surface area contributed by atoms with Gasteiger partial charge in [-0.3, -0.25) is 4.79 Å². The highest BCUT2D eigenvalue weighted by Crippen LogP contribution is 2.31. The molecule has 0 saturated heterocycles.